The van der Waals surface area contributed by atoms with Crippen molar-refractivity contribution in [2.24, 2.45) is 0 Å². The summed E-state index contributed by atoms with van der Waals surface area (Å²) in [7, 11) is 0. The average Bonchev–Trinajstić information content (AvgIpc) is 2.91. The minimum atomic E-state index is -0.653. The van der Waals surface area contributed by atoms with Crippen LogP contribution in [0.4, 0.5) is 5.69 Å². The highest BCUT2D eigenvalue weighted by Crippen LogP contribution is 2.24. The van der Waals surface area contributed by atoms with Gasteiger partial charge in [-0.3, -0.25) is 14.2 Å². The topological polar surface area (TPSA) is 64.0 Å². The minimum absolute atomic E-state index is 0.170. The van der Waals surface area contributed by atoms with Gasteiger partial charge in [0.25, 0.3) is 5.56 Å². The first kappa shape index (κ1) is 18.3. The maximum absolute atomic E-state index is 12.9. The van der Waals surface area contributed by atoms with Gasteiger partial charge in [0.15, 0.2) is 0 Å². The molecule has 0 fully saturated rings. The van der Waals surface area contributed by atoms with Crippen LogP contribution in [0.3, 0.4) is 0 Å². The summed E-state index contributed by atoms with van der Waals surface area (Å²) in [5, 5.41) is 3.56. The van der Waals surface area contributed by atoms with Crippen LogP contribution in [0.25, 0.3) is 10.2 Å². The molecule has 136 valence electrons. The second-order valence-electron chi connectivity index (χ2n) is 6.85. The molecule has 3 rings (SSSR count). The van der Waals surface area contributed by atoms with Crippen LogP contribution in [0, 0.1) is 34.6 Å². The van der Waals surface area contributed by atoms with Crippen molar-refractivity contribution < 1.29 is 4.79 Å². The van der Waals surface area contributed by atoms with E-state index in [4.69, 9.17) is 0 Å². The van der Waals surface area contributed by atoms with Crippen LogP contribution in [-0.4, -0.2) is 15.5 Å². The molecule has 3 aromatic rings. The van der Waals surface area contributed by atoms with Gasteiger partial charge in [0, 0.05) is 10.6 Å². The Balaban J connectivity index is 1.99. The van der Waals surface area contributed by atoms with E-state index in [1.165, 1.54) is 15.9 Å². The molecule has 1 atom stereocenters. The third-order valence-corrected chi connectivity index (χ3v) is 5.53. The Morgan fingerprint density at radius 2 is 1.73 bits per heavy atom. The highest BCUT2D eigenvalue weighted by molar-refractivity contribution is 7.18. The Kier molecular flexibility index (Phi) is 4.71. The summed E-state index contributed by atoms with van der Waals surface area (Å²) in [4.78, 5) is 32.0. The Bertz CT molecular complexity index is 1060. The standard InChI is InChI=1S/C20H23N3O2S/c1-10-7-11(2)17(12(3)8-10)22-18(24)14(5)23-15(6)21-19-16(20(23)25)9-13(4)26-19/h7-9,14H,1-6H3,(H,22,24). The molecule has 0 spiro atoms. The van der Waals surface area contributed by atoms with Gasteiger partial charge in [-0.1, -0.05) is 17.7 Å². The van der Waals surface area contributed by atoms with E-state index in [9.17, 15) is 9.59 Å². The second-order valence-corrected chi connectivity index (χ2v) is 8.08. The van der Waals surface area contributed by atoms with Crippen molar-refractivity contribution in [2.45, 2.75) is 47.6 Å². The fourth-order valence-electron chi connectivity index (χ4n) is 3.39. The van der Waals surface area contributed by atoms with Crippen molar-refractivity contribution >= 4 is 33.1 Å². The summed E-state index contributed by atoms with van der Waals surface area (Å²) < 4.78 is 1.47. The average molecular weight is 369 g/mol. The molecule has 1 N–H and O–H groups in total. The molecule has 0 saturated heterocycles. The molecule has 26 heavy (non-hydrogen) atoms. The van der Waals surface area contributed by atoms with Gasteiger partial charge in [-0.25, -0.2) is 4.98 Å². The molecular formula is C20H23N3O2S. The summed E-state index contributed by atoms with van der Waals surface area (Å²) >= 11 is 1.49. The van der Waals surface area contributed by atoms with E-state index < -0.39 is 6.04 Å². The number of benzene rings is 1. The molecule has 1 amide bonds. The third kappa shape index (κ3) is 3.17. The second kappa shape index (κ2) is 6.68. The fraction of sp³-hybridized carbons (Fsp3) is 0.350. The summed E-state index contributed by atoms with van der Waals surface area (Å²) in [5.41, 5.74) is 3.80. The van der Waals surface area contributed by atoms with E-state index in [1.54, 1.807) is 13.8 Å². The van der Waals surface area contributed by atoms with Gasteiger partial charge in [0.1, 0.15) is 16.7 Å². The third-order valence-electron chi connectivity index (χ3n) is 4.59. The number of thiophene rings is 1. The van der Waals surface area contributed by atoms with Crippen LogP contribution < -0.4 is 10.9 Å². The van der Waals surface area contributed by atoms with Gasteiger partial charge in [-0.05, 0) is 58.7 Å². The lowest BCUT2D eigenvalue weighted by Gasteiger charge is -2.19. The van der Waals surface area contributed by atoms with Crippen LogP contribution in [0.1, 0.15) is 40.4 Å². The monoisotopic (exact) mass is 369 g/mol. The Morgan fingerprint density at radius 1 is 1.12 bits per heavy atom. The van der Waals surface area contributed by atoms with Crippen LogP contribution in [0.2, 0.25) is 0 Å². The first-order valence-electron chi connectivity index (χ1n) is 8.57. The van der Waals surface area contributed by atoms with Crippen molar-refractivity contribution in [1.82, 2.24) is 9.55 Å². The number of nitrogens with zero attached hydrogens (tertiary/aromatic N) is 2. The van der Waals surface area contributed by atoms with Gasteiger partial charge in [0.2, 0.25) is 5.91 Å². The molecule has 1 aromatic carbocycles. The van der Waals surface area contributed by atoms with E-state index in [2.05, 4.69) is 10.3 Å². The zero-order valence-electron chi connectivity index (χ0n) is 15.9. The predicted octanol–water partition coefficient (Wildman–Crippen LogP) is 4.20. The van der Waals surface area contributed by atoms with Crippen molar-refractivity contribution in [2.75, 3.05) is 5.32 Å². The van der Waals surface area contributed by atoms with Crippen LogP contribution in [0.15, 0.2) is 23.0 Å². The molecule has 6 heteroatoms. The Labute approximate surface area is 156 Å². The van der Waals surface area contributed by atoms with Gasteiger partial charge >= 0.3 is 0 Å². The number of hydrogen-bond acceptors (Lipinski definition) is 4. The lowest BCUT2D eigenvalue weighted by molar-refractivity contribution is -0.118. The molecule has 0 aliphatic rings. The Morgan fingerprint density at radius 3 is 2.35 bits per heavy atom. The molecule has 0 saturated carbocycles. The number of amides is 1. The number of anilines is 1. The van der Waals surface area contributed by atoms with Crippen LogP contribution in [-0.2, 0) is 4.79 Å². The highest BCUT2D eigenvalue weighted by atomic mass is 32.1. The summed E-state index contributed by atoms with van der Waals surface area (Å²) in [6.45, 7) is 11.4. The Hall–Kier alpha value is -2.47. The summed E-state index contributed by atoms with van der Waals surface area (Å²) in [6.07, 6.45) is 0. The van der Waals surface area contributed by atoms with Crippen LogP contribution >= 0.6 is 11.3 Å². The normalized spacial score (nSPS) is 12.4. The van der Waals surface area contributed by atoms with E-state index >= 15 is 0 Å². The molecule has 2 aromatic heterocycles. The van der Waals surface area contributed by atoms with E-state index in [0.717, 1.165) is 32.1 Å². The van der Waals surface area contributed by atoms with Crippen molar-refractivity contribution in [3.8, 4) is 0 Å². The molecule has 0 bridgehead atoms. The van der Waals surface area contributed by atoms with Crippen molar-refractivity contribution in [1.29, 1.82) is 0 Å². The molecular weight excluding hydrogens is 346 g/mol. The SMILES string of the molecule is Cc1cc(C)c(NC(=O)C(C)n2c(C)nc3sc(C)cc3c2=O)c(C)c1. The smallest absolute Gasteiger partial charge is 0.263 e. The summed E-state index contributed by atoms with van der Waals surface area (Å²) in [6, 6.07) is 5.25. The first-order valence-corrected chi connectivity index (χ1v) is 9.38. The van der Waals surface area contributed by atoms with Gasteiger partial charge in [-0.2, -0.15) is 0 Å². The van der Waals surface area contributed by atoms with Gasteiger partial charge in [-0.15, -0.1) is 11.3 Å². The fourth-order valence-corrected chi connectivity index (χ4v) is 4.31. The maximum Gasteiger partial charge on any atom is 0.263 e. The lowest BCUT2D eigenvalue weighted by Crippen LogP contribution is -2.33. The maximum atomic E-state index is 12.9. The number of aryl methyl sites for hydroxylation is 5. The zero-order chi connectivity index (χ0) is 19.2. The minimum Gasteiger partial charge on any atom is -0.324 e. The predicted molar refractivity (Wildman–Crippen MR) is 107 cm³/mol. The molecule has 1 unspecified atom stereocenters. The number of hydrogen-bond donors (Lipinski definition) is 1. The largest absolute Gasteiger partial charge is 0.324 e. The molecule has 5 nitrogen and oxygen atoms in total. The van der Waals surface area contributed by atoms with E-state index in [-0.39, 0.29) is 11.5 Å². The molecule has 0 aliphatic carbocycles. The number of carbonyl (C=O) groups excluding carboxylic acids is 1. The van der Waals surface area contributed by atoms with Crippen LogP contribution in [0.5, 0.6) is 0 Å². The van der Waals surface area contributed by atoms with Crippen molar-refractivity contribution in [3.63, 3.8) is 0 Å². The summed E-state index contributed by atoms with van der Waals surface area (Å²) in [5.74, 6) is 0.322. The first-order chi connectivity index (χ1) is 12.2. The van der Waals surface area contributed by atoms with E-state index in [0.29, 0.717) is 11.2 Å². The van der Waals surface area contributed by atoms with Gasteiger partial charge < -0.3 is 5.32 Å². The number of rotatable bonds is 3. The zero-order valence-corrected chi connectivity index (χ0v) is 16.7. The number of fused-ring (bicyclic) bond motifs is 1. The highest BCUT2D eigenvalue weighted by Gasteiger charge is 2.22. The number of nitrogens with one attached hydrogen (secondary N) is 1. The molecule has 2 heterocycles. The molecule has 0 aliphatic heterocycles. The number of aromatic nitrogens is 2. The number of carbonyl (C=O) groups is 1. The van der Waals surface area contributed by atoms with Gasteiger partial charge in [0.05, 0.1) is 5.39 Å². The van der Waals surface area contributed by atoms with E-state index in [1.807, 2.05) is 45.9 Å². The quantitative estimate of drug-likeness (QED) is 0.752. The lowest BCUT2D eigenvalue weighted by atomic mass is 10.0. The molecule has 0 radical (unpaired) electrons. The van der Waals surface area contributed by atoms with Crippen molar-refractivity contribution in [3.05, 3.63) is 55.9 Å².